The first-order valence-electron chi connectivity index (χ1n) is 9.00. The zero-order valence-electron chi connectivity index (χ0n) is 15.6. The summed E-state index contributed by atoms with van der Waals surface area (Å²) in [4.78, 5) is 11.0. The average Bonchev–Trinajstić information content (AvgIpc) is 2.61. The van der Waals surface area contributed by atoms with E-state index in [1.165, 1.54) is 17.7 Å². The van der Waals surface area contributed by atoms with Crippen molar-refractivity contribution in [1.29, 1.82) is 0 Å². The molecule has 0 fully saturated rings. The Labute approximate surface area is 159 Å². The minimum atomic E-state index is -0.993. The first kappa shape index (κ1) is 18.8. The summed E-state index contributed by atoms with van der Waals surface area (Å²) in [6.45, 7) is 8.13. The summed E-state index contributed by atoms with van der Waals surface area (Å²) in [6, 6.07) is 9.58. The number of hydrogen-bond donors (Lipinski definition) is 3. The van der Waals surface area contributed by atoms with Gasteiger partial charge in [0.15, 0.2) is 0 Å². The summed E-state index contributed by atoms with van der Waals surface area (Å²) < 4.78 is 0. The summed E-state index contributed by atoms with van der Waals surface area (Å²) in [5.41, 5.74) is 4.35. The fourth-order valence-corrected chi connectivity index (χ4v) is 3.84. The second kappa shape index (κ2) is 7.31. The van der Waals surface area contributed by atoms with Crippen molar-refractivity contribution in [3.05, 3.63) is 71.3 Å². The Hall–Kier alpha value is -3.01. The van der Waals surface area contributed by atoms with Crippen LogP contribution in [0.1, 0.15) is 48.5 Å². The molecular weight excluding hydrogens is 340 g/mol. The van der Waals surface area contributed by atoms with E-state index >= 15 is 0 Å². The van der Waals surface area contributed by atoms with Crippen LogP contribution in [0.3, 0.4) is 0 Å². The van der Waals surface area contributed by atoms with Gasteiger partial charge in [0.25, 0.3) is 0 Å². The maximum Gasteiger partial charge on any atom is 0.335 e. The lowest BCUT2D eigenvalue weighted by Crippen LogP contribution is -2.17. The maximum absolute atomic E-state index is 11.0. The number of rotatable bonds is 4. The van der Waals surface area contributed by atoms with E-state index in [4.69, 9.17) is 5.11 Å². The quantitative estimate of drug-likeness (QED) is 0.628. The molecule has 0 bridgehead atoms. The van der Waals surface area contributed by atoms with Gasteiger partial charge in [-0.05, 0) is 68.0 Å². The third-order valence-corrected chi connectivity index (χ3v) is 5.32. The smallest absolute Gasteiger partial charge is 0.335 e. The number of aromatic carboxylic acids is 1. The van der Waals surface area contributed by atoms with Crippen molar-refractivity contribution >= 4 is 5.97 Å². The van der Waals surface area contributed by atoms with Crippen molar-refractivity contribution in [3.63, 3.8) is 0 Å². The Morgan fingerprint density at radius 1 is 1.07 bits per heavy atom. The molecule has 0 heterocycles. The first-order valence-corrected chi connectivity index (χ1v) is 9.00. The van der Waals surface area contributed by atoms with Crippen LogP contribution < -0.4 is 0 Å². The zero-order chi connectivity index (χ0) is 19.7. The molecule has 3 N–H and O–H groups in total. The predicted molar refractivity (Wildman–Crippen MR) is 106 cm³/mol. The van der Waals surface area contributed by atoms with Gasteiger partial charge in [-0.2, -0.15) is 0 Å². The Morgan fingerprint density at radius 3 is 2.19 bits per heavy atom. The molecular formula is C23H24O4. The highest BCUT2D eigenvalue weighted by Gasteiger charge is 2.30. The van der Waals surface area contributed by atoms with Crippen LogP contribution in [-0.2, 0) is 0 Å². The third kappa shape index (κ3) is 3.75. The number of carboxylic acid groups (broad SMARTS) is 1. The lowest BCUT2D eigenvalue weighted by atomic mass is 9.73. The lowest BCUT2D eigenvalue weighted by Gasteiger charge is -2.31. The van der Waals surface area contributed by atoms with Crippen LogP contribution in [0.5, 0.6) is 11.5 Å². The molecule has 140 valence electrons. The lowest BCUT2D eigenvalue weighted by molar-refractivity contribution is 0.0697. The van der Waals surface area contributed by atoms with E-state index in [9.17, 15) is 15.0 Å². The van der Waals surface area contributed by atoms with Crippen LogP contribution in [0.15, 0.2) is 60.2 Å². The van der Waals surface area contributed by atoms with E-state index in [2.05, 4.69) is 19.6 Å². The molecule has 0 unspecified atom stereocenters. The van der Waals surface area contributed by atoms with Gasteiger partial charge >= 0.3 is 5.97 Å². The molecule has 4 nitrogen and oxygen atoms in total. The van der Waals surface area contributed by atoms with Gasteiger partial charge in [0.2, 0.25) is 0 Å². The molecule has 2 atom stereocenters. The van der Waals surface area contributed by atoms with Crippen molar-refractivity contribution in [2.45, 2.75) is 32.6 Å². The predicted octanol–water partition coefficient (Wildman–Crippen LogP) is 5.48. The minimum Gasteiger partial charge on any atom is -0.507 e. The fraction of sp³-hybridized carbons (Fsp3) is 0.261. The van der Waals surface area contributed by atoms with Crippen molar-refractivity contribution in [2.75, 3.05) is 0 Å². The van der Waals surface area contributed by atoms with E-state index in [0.717, 1.165) is 24.0 Å². The Morgan fingerprint density at radius 2 is 1.67 bits per heavy atom. The number of aromatic hydroxyl groups is 2. The third-order valence-electron chi connectivity index (χ3n) is 5.32. The van der Waals surface area contributed by atoms with Crippen LogP contribution in [-0.4, -0.2) is 21.3 Å². The van der Waals surface area contributed by atoms with Gasteiger partial charge in [-0.25, -0.2) is 4.79 Å². The van der Waals surface area contributed by atoms with Crippen molar-refractivity contribution in [2.24, 2.45) is 5.92 Å². The van der Waals surface area contributed by atoms with Gasteiger partial charge in [-0.15, -0.1) is 0 Å². The summed E-state index contributed by atoms with van der Waals surface area (Å²) >= 11 is 0. The maximum atomic E-state index is 11.0. The molecule has 0 saturated carbocycles. The molecule has 1 aliphatic rings. The SMILES string of the molecule is C=C(C)[C@@H]1CCC(C)=C[C@H]1c1c(O)cc(-c2ccc(C(=O)O)cc2)cc1O. The van der Waals surface area contributed by atoms with Gasteiger partial charge in [-0.3, -0.25) is 0 Å². The van der Waals surface area contributed by atoms with E-state index in [1.54, 1.807) is 24.3 Å². The molecule has 2 aromatic carbocycles. The highest BCUT2D eigenvalue weighted by atomic mass is 16.4. The Balaban J connectivity index is 2.03. The monoisotopic (exact) mass is 364 g/mol. The molecule has 27 heavy (non-hydrogen) atoms. The van der Waals surface area contributed by atoms with Gasteiger partial charge in [-0.1, -0.05) is 35.9 Å². The second-order valence-electron chi connectivity index (χ2n) is 7.34. The van der Waals surface area contributed by atoms with Crippen LogP contribution in [0.4, 0.5) is 0 Å². The van der Waals surface area contributed by atoms with E-state index in [1.807, 2.05) is 6.92 Å². The first-order chi connectivity index (χ1) is 12.8. The van der Waals surface area contributed by atoms with Gasteiger partial charge in [0.05, 0.1) is 5.56 Å². The summed E-state index contributed by atoms with van der Waals surface area (Å²) in [6.07, 6.45) is 4.04. The highest BCUT2D eigenvalue weighted by Crippen LogP contribution is 2.47. The largest absolute Gasteiger partial charge is 0.507 e. The van der Waals surface area contributed by atoms with Crippen molar-refractivity contribution in [3.8, 4) is 22.6 Å². The molecule has 4 heteroatoms. The fourth-order valence-electron chi connectivity index (χ4n) is 3.84. The molecule has 0 aliphatic heterocycles. The molecule has 1 aliphatic carbocycles. The molecule has 0 spiro atoms. The number of phenols is 2. The number of phenolic OH excluding ortho intramolecular Hbond substituents is 2. The van der Waals surface area contributed by atoms with Gasteiger partial charge in [0, 0.05) is 11.5 Å². The van der Waals surface area contributed by atoms with E-state index in [-0.39, 0.29) is 28.9 Å². The van der Waals surface area contributed by atoms with Crippen LogP contribution in [0, 0.1) is 5.92 Å². The zero-order valence-corrected chi connectivity index (χ0v) is 15.6. The number of carbonyl (C=O) groups is 1. The topological polar surface area (TPSA) is 77.8 Å². The Kier molecular flexibility index (Phi) is 5.08. The summed E-state index contributed by atoms with van der Waals surface area (Å²) in [5, 5.41) is 30.4. The summed E-state index contributed by atoms with van der Waals surface area (Å²) in [5.74, 6) is -0.859. The number of allylic oxidation sites excluding steroid dienone is 3. The van der Waals surface area contributed by atoms with Crippen molar-refractivity contribution < 1.29 is 20.1 Å². The van der Waals surface area contributed by atoms with E-state index in [0.29, 0.717) is 11.1 Å². The normalized spacial score (nSPS) is 19.4. The number of benzene rings is 2. The van der Waals surface area contributed by atoms with Gasteiger partial charge < -0.3 is 15.3 Å². The highest BCUT2D eigenvalue weighted by molar-refractivity contribution is 5.88. The van der Waals surface area contributed by atoms with Crippen LogP contribution in [0.25, 0.3) is 11.1 Å². The minimum absolute atomic E-state index is 0.0366. The molecule has 0 radical (unpaired) electrons. The molecule has 0 amide bonds. The molecule has 3 rings (SSSR count). The number of hydrogen-bond acceptors (Lipinski definition) is 3. The van der Waals surface area contributed by atoms with Crippen molar-refractivity contribution in [1.82, 2.24) is 0 Å². The average molecular weight is 364 g/mol. The molecule has 2 aromatic rings. The molecule has 0 saturated heterocycles. The number of carboxylic acids is 1. The Bertz CT molecular complexity index is 899. The summed E-state index contributed by atoms with van der Waals surface area (Å²) in [7, 11) is 0. The van der Waals surface area contributed by atoms with E-state index < -0.39 is 5.97 Å². The second-order valence-corrected chi connectivity index (χ2v) is 7.34. The standard InChI is InChI=1S/C23H24O4/c1-13(2)18-9-4-14(3)10-19(18)22-20(24)11-17(12-21(22)25)15-5-7-16(8-6-15)23(26)27/h5-8,10-12,18-19,24-25H,1,4,9H2,2-3H3,(H,26,27)/t18-,19+/m0/s1. The van der Waals surface area contributed by atoms with Gasteiger partial charge in [0.1, 0.15) is 11.5 Å². The van der Waals surface area contributed by atoms with Crippen LogP contribution >= 0.6 is 0 Å². The van der Waals surface area contributed by atoms with Crippen LogP contribution in [0.2, 0.25) is 0 Å². The molecule has 0 aromatic heterocycles.